The number of carbonyl (C=O) groups excluding carboxylic acids is 2. The summed E-state index contributed by atoms with van der Waals surface area (Å²) in [7, 11) is 1.36. The molecule has 0 amide bonds. The molecule has 0 aliphatic heterocycles. The fourth-order valence-electron chi connectivity index (χ4n) is 4.55. The number of rotatable bonds is 3. The lowest BCUT2D eigenvalue weighted by atomic mass is 9.73. The van der Waals surface area contributed by atoms with Crippen molar-refractivity contribution >= 4 is 11.9 Å². The Hall–Kier alpha value is -2.10. The number of benzene rings is 1. The van der Waals surface area contributed by atoms with Crippen LogP contribution in [-0.2, 0) is 19.1 Å². The van der Waals surface area contributed by atoms with Gasteiger partial charge >= 0.3 is 11.9 Å². The Morgan fingerprint density at radius 1 is 1.17 bits per heavy atom. The molecule has 0 saturated heterocycles. The number of hydrogen-bond donors (Lipinski definition) is 0. The van der Waals surface area contributed by atoms with Crippen molar-refractivity contribution in [1.29, 1.82) is 0 Å². The van der Waals surface area contributed by atoms with Crippen molar-refractivity contribution in [1.82, 2.24) is 0 Å². The first-order valence-electron chi connectivity index (χ1n) is 8.49. The van der Waals surface area contributed by atoms with Crippen molar-refractivity contribution in [2.45, 2.75) is 38.2 Å². The number of carbonyl (C=O) groups is 2. The van der Waals surface area contributed by atoms with Crippen LogP contribution in [0.4, 0.5) is 0 Å². The molecule has 1 aromatic carbocycles. The van der Waals surface area contributed by atoms with Gasteiger partial charge in [0.15, 0.2) is 0 Å². The van der Waals surface area contributed by atoms with Gasteiger partial charge in [0, 0.05) is 19.3 Å². The summed E-state index contributed by atoms with van der Waals surface area (Å²) in [6.07, 6.45) is 5.83. The van der Waals surface area contributed by atoms with Crippen molar-refractivity contribution in [3.8, 4) is 0 Å². The molecule has 0 bridgehead atoms. The van der Waals surface area contributed by atoms with Crippen LogP contribution in [-0.4, -0.2) is 24.6 Å². The molecule has 2 aliphatic carbocycles. The van der Waals surface area contributed by atoms with Gasteiger partial charge in [-0.25, -0.2) is 4.79 Å². The third-order valence-electron chi connectivity index (χ3n) is 5.37. The average molecular weight is 328 g/mol. The summed E-state index contributed by atoms with van der Waals surface area (Å²) in [6.45, 7) is 3.53. The van der Waals surface area contributed by atoms with E-state index in [4.69, 9.17) is 9.47 Å². The Morgan fingerprint density at radius 3 is 2.50 bits per heavy atom. The SMILES string of the molecule is COC(=O)C1(OC(C)=O)CC2C=CC(C)CC2[C@H]1c1ccccc1. The highest BCUT2D eigenvalue weighted by Gasteiger charge is 2.61. The summed E-state index contributed by atoms with van der Waals surface area (Å²) in [5.41, 5.74) is -0.217. The number of hydrogen-bond acceptors (Lipinski definition) is 4. The molecule has 24 heavy (non-hydrogen) atoms. The fraction of sp³-hybridized carbons (Fsp3) is 0.500. The Morgan fingerprint density at radius 2 is 1.88 bits per heavy atom. The molecule has 1 aromatic rings. The maximum atomic E-state index is 12.8. The van der Waals surface area contributed by atoms with Gasteiger partial charge < -0.3 is 9.47 Å². The first-order valence-corrected chi connectivity index (χ1v) is 8.49. The van der Waals surface area contributed by atoms with Crippen LogP contribution >= 0.6 is 0 Å². The summed E-state index contributed by atoms with van der Waals surface area (Å²) in [5, 5.41) is 0. The number of fused-ring (bicyclic) bond motifs is 1. The molecule has 128 valence electrons. The Balaban J connectivity index is 2.13. The highest BCUT2D eigenvalue weighted by Crippen LogP contribution is 2.56. The molecule has 0 N–H and O–H groups in total. The zero-order valence-electron chi connectivity index (χ0n) is 14.4. The monoisotopic (exact) mass is 328 g/mol. The van der Waals surface area contributed by atoms with E-state index in [9.17, 15) is 9.59 Å². The van der Waals surface area contributed by atoms with Gasteiger partial charge in [-0.2, -0.15) is 0 Å². The molecule has 4 unspecified atom stereocenters. The summed E-state index contributed by atoms with van der Waals surface area (Å²) in [5.74, 6) is -0.176. The lowest BCUT2D eigenvalue weighted by molar-refractivity contribution is -0.181. The minimum atomic E-state index is -1.24. The summed E-state index contributed by atoms with van der Waals surface area (Å²) >= 11 is 0. The van der Waals surface area contributed by atoms with Crippen molar-refractivity contribution in [2.75, 3.05) is 7.11 Å². The fourth-order valence-corrected chi connectivity index (χ4v) is 4.55. The largest absolute Gasteiger partial charge is 0.466 e. The highest BCUT2D eigenvalue weighted by atomic mass is 16.6. The lowest BCUT2D eigenvalue weighted by Crippen LogP contribution is -2.47. The van der Waals surface area contributed by atoms with E-state index in [1.54, 1.807) is 0 Å². The van der Waals surface area contributed by atoms with Gasteiger partial charge in [0.05, 0.1) is 7.11 Å². The number of esters is 2. The minimum absolute atomic E-state index is 0.188. The molecule has 1 saturated carbocycles. The quantitative estimate of drug-likeness (QED) is 0.630. The second-order valence-electron chi connectivity index (χ2n) is 6.99. The third kappa shape index (κ3) is 2.74. The summed E-state index contributed by atoms with van der Waals surface area (Å²) in [4.78, 5) is 24.6. The van der Waals surface area contributed by atoms with Crippen LogP contribution in [0.15, 0.2) is 42.5 Å². The zero-order chi connectivity index (χ0) is 17.3. The molecule has 0 heterocycles. The van der Waals surface area contributed by atoms with Crippen LogP contribution in [0.3, 0.4) is 0 Å². The smallest absolute Gasteiger partial charge is 0.351 e. The Kier molecular flexibility index (Phi) is 4.48. The van der Waals surface area contributed by atoms with Crippen LogP contribution in [0.2, 0.25) is 0 Å². The average Bonchev–Trinajstić information content (AvgIpc) is 2.88. The maximum Gasteiger partial charge on any atom is 0.351 e. The van der Waals surface area contributed by atoms with Gasteiger partial charge in [0.1, 0.15) is 0 Å². The second-order valence-corrected chi connectivity index (χ2v) is 6.99. The van der Waals surface area contributed by atoms with Crippen LogP contribution in [0.5, 0.6) is 0 Å². The first-order chi connectivity index (χ1) is 11.5. The number of ether oxygens (including phenoxy) is 2. The first kappa shape index (κ1) is 16.7. The molecule has 2 aliphatic rings. The standard InChI is InChI=1S/C20H24O4/c1-13-9-10-16-12-20(19(22)23-3,24-14(2)21)18(17(16)11-13)15-7-5-4-6-8-15/h4-10,13,16-18H,11-12H2,1-3H3/t13?,16?,17?,18-,20?/m1/s1. The lowest BCUT2D eigenvalue weighted by Gasteiger charge is -2.35. The molecule has 4 nitrogen and oxygen atoms in total. The van der Waals surface area contributed by atoms with Crippen molar-refractivity contribution in [3.05, 3.63) is 48.0 Å². The molecule has 0 aromatic heterocycles. The van der Waals surface area contributed by atoms with Crippen molar-refractivity contribution in [2.24, 2.45) is 17.8 Å². The van der Waals surface area contributed by atoms with E-state index in [-0.39, 0.29) is 17.8 Å². The summed E-state index contributed by atoms with van der Waals surface area (Å²) in [6, 6.07) is 9.89. The van der Waals surface area contributed by atoms with E-state index in [2.05, 4.69) is 19.1 Å². The topological polar surface area (TPSA) is 52.6 Å². The van der Waals surface area contributed by atoms with Gasteiger partial charge in [-0.15, -0.1) is 0 Å². The van der Waals surface area contributed by atoms with Gasteiger partial charge in [-0.1, -0.05) is 49.4 Å². The normalized spacial score (nSPS) is 34.5. The molecule has 5 atom stereocenters. The van der Waals surface area contributed by atoms with E-state index in [0.29, 0.717) is 12.3 Å². The van der Waals surface area contributed by atoms with Crippen LogP contribution in [0.1, 0.15) is 38.2 Å². The summed E-state index contributed by atoms with van der Waals surface area (Å²) < 4.78 is 10.8. The predicted molar refractivity (Wildman–Crippen MR) is 90.2 cm³/mol. The molecule has 4 heteroatoms. The Bertz CT molecular complexity index is 651. The van der Waals surface area contributed by atoms with E-state index in [1.807, 2.05) is 30.3 Å². The highest BCUT2D eigenvalue weighted by molar-refractivity contribution is 5.85. The maximum absolute atomic E-state index is 12.8. The zero-order valence-corrected chi connectivity index (χ0v) is 14.4. The van der Waals surface area contributed by atoms with Gasteiger partial charge in [0.2, 0.25) is 5.60 Å². The number of allylic oxidation sites excluding steroid dienone is 2. The van der Waals surface area contributed by atoms with Gasteiger partial charge in [0.25, 0.3) is 0 Å². The molecular weight excluding hydrogens is 304 g/mol. The van der Waals surface area contributed by atoms with Crippen LogP contribution in [0.25, 0.3) is 0 Å². The van der Waals surface area contributed by atoms with E-state index >= 15 is 0 Å². The minimum Gasteiger partial charge on any atom is -0.466 e. The van der Waals surface area contributed by atoms with E-state index in [0.717, 1.165) is 12.0 Å². The van der Waals surface area contributed by atoms with Crippen molar-refractivity contribution in [3.63, 3.8) is 0 Å². The van der Waals surface area contributed by atoms with Crippen LogP contribution in [0, 0.1) is 17.8 Å². The molecule has 3 rings (SSSR count). The molecule has 0 radical (unpaired) electrons. The van der Waals surface area contributed by atoms with Gasteiger partial charge in [-0.05, 0) is 29.7 Å². The predicted octanol–water partition coefficient (Wildman–Crippen LogP) is 3.48. The number of methoxy groups -OCH3 is 1. The van der Waals surface area contributed by atoms with Crippen molar-refractivity contribution < 1.29 is 19.1 Å². The van der Waals surface area contributed by atoms with E-state index in [1.165, 1.54) is 14.0 Å². The molecular formula is C20H24O4. The Labute approximate surface area is 142 Å². The van der Waals surface area contributed by atoms with E-state index < -0.39 is 17.5 Å². The van der Waals surface area contributed by atoms with Gasteiger partial charge in [-0.3, -0.25) is 4.79 Å². The molecule has 0 spiro atoms. The second kappa shape index (κ2) is 6.42. The molecule has 1 fully saturated rings. The van der Waals surface area contributed by atoms with Crippen LogP contribution < -0.4 is 0 Å². The third-order valence-corrected chi connectivity index (χ3v) is 5.37.